The molecule has 0 spiro atoms. The fraction of sp³-hybridized carbons (Fsp3) is 0.889. The summed E-state index contributed by atoms with van der Waals surface area (Å²) in [5, 5.41) is 0. The average Bonchev–Trinajstić information content (AvgIpc) is 2.69. The molecule has 1 aliphatic heterocycles. The molecule has 1 rings (SSSR count). The summed E-state index contributed by atoms with van der Waals surface area (Å²) in [4.78, 5) is 22.9. The van der Waals surface area contributed by atoms with E-state index in [2.05, 4.69) is 70.2 Å². The molecule has 0 saturated carbocycles. The largest absolute Gasteiger partial charge is 0.440 e. The number of carbonyl (C=O) groups excluding carboxylic acids is 2. The Balaban J connectivity index is 0.000000649. The molecule has 1 aliphatic rings. The van der Waals surface area contributed by atoms with Crippen LogP contribution in [-0.2, 0) is 30.8 Å². The van der Waals surface area contributed by atoms with Gasteiger partial charge in [-0.1, -0.05) is 0 Å². The molecule has 1 fully saturated rings. The maximum Gasteiger partial charge on any atom is 0.316 e. The van der Waals surface area contributed by atoms with Gasteiger partial charge in [-0.15, -0.1) is 0 Å². The molecule has 1 unspecified atom stereocenters. The summed E-state index contributed by atoms with van der Waals surface area (Å²) in [6, 6.07) is 0. The van der Waals surface area contributed by atoms with Crippen molar-refractivity contribution in [1.29, 1.82) is 0 Å². The van der Waals surface area contributed by atoms with Gasteiger partial charge in [0, 0.05) is 0 Å². The highest BCUT2D eigenvalue weighted by molar-refractivity contribution is 6.89. The van der Waals surface area contributed by atoms with E-state index >= 15 is 0 Å². The number of hydrogen-bond acceptors (Lipinski definition) is 7. The van der Waals surface area contributed by atoms with Gasteiger partial charge in [0.25, 0.3) is 0 Å². The lowest BCUT2D eigenvalue weighted by molar-refractivity contribution is -0.152. The van der Waals surface area contributed by atoms with Gasteiger partial charge in [0.2, 0.25) is 0 Å². The van der Waals surface area contributed by atoms with Crippen LogP contribution in [0.5, 0.6) is 0 Å². The topological polar surface area (TPSA) is 80.3 Å². The summed E-state index contributed by atoms with van der Waals surface area (Å²) in [6.07, 6.45) is 0.148. The minimum atomic E-state index is -2.35. The number of esters is 2. The first-order valence-corrected chi connectivity index (χ1v) is 29.2. The fourth-order valence-electron chi connectivity index (χ4n) is 3.80. The summed E-state index contributed by atoms with van der Waals surface area (Å²) in [5.74, 6) is -0.871. The first-order chi connectivity index (χ1) is 13.4. The standard InChI is InChI=1S/C11H24O5Si3.C7H22O2Si3/c1-17(2,3)15-19(6,7)16-18(4,5)9-8-10(12)14-11(9)13;1-10(2)8-12(6,7)9-11(3,4)5/h9H,8H2,1-7H3;10H,1-7H3. The zero-order chi connectivity index (χ0) is 25.1. The van der Waals surface area contributed by atoms with Crippen molar-refractivity contribution in [3.8, 4) is 0 Å². The lowest BCUT2D eigenvalue weighted by Gasteiger charge is -2.38. The van der Waals surface area contributed by atoms with Gasteiger partial charge in [0.15, 0.2) is 34.0 Å². The maximum absolute atomic E-state index is 11.7. The van der Waals surface area contributed by atoms with Gasteiger partial charge < -0.3 is 21.2 Å². The van der Waals surface area contributed by atoms with Crippen molar-refractivity contribution in [3.63, 3.8) is 0 Å². The quantitative estimate of drug-likeness (QED) is 0.226. The zero-order valence-electron chi connectivity index (χ0n) is 22.2. The molecule has 184 valence electrons. The third-order valence-electron chi connectivity index (χ3n) is 3.84. The SMILES string of the molecule is C[SiH](C)O[Si](C)(C)O[Si](C)(C)C.C[Si](C)(C)O[Si](C)(C)O[Si](C)(C)C1CC(=O)OC1=O. The van der Waals surface area contributed by atoms with Crippen LogP contribution in [0.2, 0.25) is 97.2 Å². The van der Waals surface area contributed by atoms with Crippen LogP contribution in [0.4, 0.5) is 0 Å². The van der Waals surface area contributed by atoms with Crippen molar-refractivity contribution in [2.24, 2.45) is 0 Å². The van der Waals surface area contributed by atoms with Crippen molar-refractivity contribution < 1.29 is 30.8 Å². The number of cyclic esters (lactones) is 2. The second-order valence-electron chi connectivity index (χ2n) is 11.7. The predicted molar refractivity (Wildman–Crippen MR) is 142 cm³/mol. The summed E-state index contributed by atoms with van der Waals surface area (Å²) in [6.45, 7) is 29.6. The summed E-state index contributed by atoms with van der Waals surface area (Å²) >= 11 is 0. The number of hydrogen-bond donors (Lipinski definition) is 0. The Hall–Kier alpha value is 0.281. The van der Waals surface area contributed by atoms with Crippen LogP contribution in [0.15, 0.2) is 0 Å². The van der Waals surface area contributed by atoms with Crippen LogP contribution in [-0.4, -0.2) is 63.1 Å². The predicted octanol–water partition coefficient (Wildman–Crippen LogP) is 5.14. The second-order valence-corrected chi connectivity index (χ2v) is 35.1. The molecule has 0 N–H and O–H groups in total. The first kappa shape index (κ1) is 31.3. The Kier molecular flexibility index (Phi) is 11.2. The van der Waals surface area contributed by atoms with E-state index < -0.39 is 68.6 Å². The van der Waals surface area contributed by atoms with Gasteiger partial charge in [-0.05, 0) is 91.7 Å². The van der Waals surface area contributed by atoms with Crippen LogP contribution < -0.4 is 0 Å². The van der Waals surface area contributed by atoms with Crippen molar-refractivity contribution in [1.82, 2.24) is 0 Å². The fourth-order valence-corrected chi connectivity index (χ4v) is 28.2. The Morgan fingerprint density at radius 1 is 0.742 bits per heavy atom. The van der Waals surface area contributed by atoms with E-state index in [1.54, 1.807) is 0 Å². The summed E-state index contributed by atoms with van der Waals surface area (Å²) in [7, 11) is -10.4. The highest BCUT2D eigenvalue weighted by atomic mass is 28.5. The molecule has 1 saturated heterocycles. The summed E-state index contributed by atoms with van der Waals surface area (Å²) < 4.78 is 28.9. The third kappa shape index (κ3) is 14.2. The molecule has 0 bridgehead atoms. The van der Waals surface area contributed by atoms with Crippen molar-refractivity contribution in [2.75, 3.05) is 0 Å². The highest BCUT2D eigenvalue weighted by Gasteiger charge is 2.50. The third-order valence-corrected chi connectivity index (χ3v) is 23.0. The molecule has 0 aromatic carbocycles. The molecule has 7 nitrogen and oxygen atoms in total. The lowest BCUT2D eigenvalue weighted by atomic mass is 10.3. The van der Waals surface area contributed by atoms with Crippen LogP contribution >= 0.6 is 0 Å². The number of carbonyl (C=O) groups is 2. The zero-order valence-corrected chi connectivity index (χ0v) is 28.4. The first-order valence-electron chi connectivity index (χ1n) is 11.0. The van der Waals surface area contributed by atoms with Crippen molar-refractivity contribution in [2.45, 2.75) is 104 Å². The van der Waals surface area contributed by atoms with Crippen LogP contribution in [0.3, 0.4) is 0 Å². The smallest absolute Gasteiger partial charge is 0.316 e. The molecule has 0 aromatic rings. The van der Waals surface area contributed by atoms with E-state index in [-0.39, 0.29) is 6.42 Å². The molecule has 0 amide bonds. The number of rotatable bonds is 9. The molecule has 0 radical (unpaired) electrons. The van der Waals surface area contributed by atoms with Gasteiger partial charge in [0.1, 0.15) is 0 Å². The molecular weight excluding hydrogens is 497 g/mol. The Morgan fingerprint density at radius 2 is 1.16 bits per heavy atom. The lowest BCUT2D eigenvalue weighted by Crippen LogP contribution is -2.53. The average molecular weight is 543 g/mol. The van der Waals surface area contributed by atoms with E-state index in [1.807, 2.05) is 26.2 Å². The Labute approximate surface area is 197 Å². The number of ether oxygens (including phenoxy) is 1. The maximum atomic E-state index is 11.7. The van der Waals surface area contributed by atoms with Crippen LogP contribution in [0, 0.1) is 0 Å². The van der Waals surface area contributed by atoms with Crippen LogP contribution in [0.1, 0.15) is 6.42 Å². The minimum absolute atomic E-state index is 0.148. The van der Waals surface area contributed by atoms with Crippen molar-refractivity contribution in [3.05, 3.63) is 0 Å². The van der Waals surface area contributed by atoms with Gasteiger partial charge in [0.05, 0.1) is 12.0 Å². The highest BCUT2D eigenvalue weighted by Crippen LogP contribution is 2.35. The van der Waals surface area contributed by atoms with E-state index in [1.165, 1.54) is 0 Å². The van der Waals surface area contributed by atoms with E-state index in [9.17, 15) is 9.59 Å². The molecule has 13 heteroatoms. The molecular formula is C18H46O7Si6. The molecule has 1 atom stereocenters. The van der Waals surface area contributed by atoms with Gasteiger partial charge in [-0.2, -0.15) is 0 Å². The molecule has 1 heterocycles. The van der Waals surface area contributed by atoms with Gasteiger partial charge >= 0.3 is 29.1 Å². The minimum Gasteiger partial charge on any atom is -0.440 e. The van der Waals surface area contributed by atoms with Gasteiger partial charge in [-0.25, -0.2) is 0 Å². The molecule has 31 heavy (non-hydrogen) atoms. The molecule has 0 aliphatic carbocycles. The normalized spacial score (nSPS) is 18.7. The van der Waals surface area contributed by atoms with Crippen molar-refractivity contribution >= 4 is 63.1 Å². The van der Waals surface area contributed by atoms with Gasteiger partial charge in [-0.3, -0.25) is 9.59 Å². The molecule has 0 aromatic heterocycles. The van der Waals surface area contributed by atoms with E-state index in [0.29, 0.717) is 0 Å². The van der Waals surface area contributed by atoms with E-state index in [0.717, 1.165) is 0 Å². The Morgan fingerprint density at radius 3 is 1.48 bits per heavy atom. The monoisotopic (exact) mass is 542 g/mol. The summed E-state index contributed by atoms with van der Waals surface area (Å²) in [5.41, 5.74) is -0.406. The van der Waals surface area contributed by atoms with Crippen LogP contribution in [0.25, 0.3) is 0 Å². The van der Waals surface area contributed by atoms with E-state index in [4.69, 9.17) is 16.5 Å². The Bertz CT molecular complexity index is 624. The second kappa shape index (κ2) is 11.1.